The van der Waals surface area contributed by atoms with Gasteiger partial charge in [0.1, 0.15) is 16.4 Å². The lowest BCUT2D eigenvalue weighted by atomic mass is 10.2. The monoisotopic (exact) mass is 218 g/mol. The molecule has 1 rings (SSSR count). The Kier molecular flexibility index (Phi) is 3.30. The molecule has 0 atom stereocenters. The second kappa shape index (κ2) is 4.28. The van der Waals surface area contributed by atoms with Crippen LogP contribution in [0.3, 0.4) is 0 Å². The Morgan fingerprint density at radius 1 is 1.64 bits per heavy atom. The molecule has 0 radical (unpaired) electrons. The molecule has 0 spiro atoms. The number of ether oxygens (including phenoxy) is 1. The van der Waals surface area contributed by atoms with Crippen LogP contribution in [0.2, 0.25) is 5.02 Å². The first-order chi connectivity index (χ1) is 6.57. The summed E-state index contributed by atoms with van der Waals surface area (Å²) in [4.78, 5) is 11.2. The number of esters is 1. The highest BCUT2D eigenvalue weighted by Crippen LogP contribution is 2.30. The molecule has 0 aliphatic heterocycles. The molecule has 5 heteroatoms. The first-order valence-electron chi connectivity index (χ1n) is 3.92. The highest BCUT2D eigenvalue weighted by Gasteiger charge is 2.17. The highest BCUT2D eigenvalue weighted by atomic mass is 35.5. The second-order valence-electron chi connectivity index (χ2n) is 2.48. The average Bonchev–Trinajstić information content (AvgIpc) is 2.15. The molecular weight excluding hydrogens is 211 g/mol. The zero-order valence-corrected chi connectivity index (χ0v) is 8.14. The predicted octanol–water partition coefficient (Wildman–Crippen LogP) is 2.36. The smallest absolute Gasteiger partial charge is 0.341 e. The van der Waals surface area contributed by atoms with Gasteiger partial charge in [-0.3, -0.25) is 0 Å². The number of hydrogen-bond acceptors (Lipinski definition) is 3. The molecule has 1 aromatic carbocycles. The molecule has 0 saturated heterocycles. The van der Waals surface area contributed by atoms with E-state index in [2.05, 4.69) is 4.74 Å². The van der Waals surface area contributed by atoms with Crippen molar-refractivity contribution in [3.8, 4) is 5.75 Å². The minimum absolute atomic E-state index is 0.141. The van der Waals surface area contributed by atoms with Gasteiger partial charge in [-0.2, -0.15) is 0 Å². The van der Waals surface area contributed by atoms with Crippen LogP contribution < -0.4 is 0 Å². The molecule has 0 saturated carbocycles. The molecule has 0 aromatic heterocycles. The molecule has 14 heavy (non-hydrogen) atoms. The summed E-state index contributed by atoms with van der Waals surface area (Å²) >= 11 is 5.39. The average molecular weight is 219 g/mol. The highest BCUT2D eigenvalue weighted by molar-refractivity contribution is 6.32. The van der Waals surface area contributed by atoms with Crippen molar-refractivity contribution in [3.63, 3.8) is 0 Å². The van der Waals surface area contributed by atoms with Crippen LogP contribution in [0.15, 0.2) is 12.1 Å². The quantitative estimate of drug-likeness (QED) is 0.776. The molecule has 0 fully saturated rings. The predicted molar refractivity (Wildman–Crippen MR) is 49.0 cm³/mol. The Morgan fingerprint density at radius 3 is 2.86 bits per heavy atom. The van der Waals surface area contributed by atoms with Gasteiger partial charge >= 0.3 is 5.97 Å². The third-order valence-corrected chi connectivity index (χ3v) is 1.92. The van der Waals surface area contributed by atoms with Gasteiger partial charge in [-0.05, 0) is 19.1 Å². The van der Waals surface area contributed by atoms with Crippen molar-refractivity contribution in [2.75, 3.05) is 6.61 Å². The van der Waals surface area contributed by atoms with E-state index < -0.39 is 22.6 Å². The zero-order chi connectivity index (χ0) is 10.7. The van der Waals surface area contributed by atoms with Gasteiger partial charge in [0.25, 0.3) is 0 Å². The lowest BCUT2D eigenvalue weighted by molar-refractivity contribution is 0.0523. The molecule has 76 valence electrons. The fraction of sp³-hybridized carbons (Fsp3) is 0.222. The molecule has 0 bridgehead atoms. The molecule has 0 aliphatic carbocycles. The summed E-state index contributed by atoms with van der Waals surface area (Å²) in [5, 5.41) is 8.83. The first-order valence-corrected chi connectivity index (χ1v) is 4.29. The van der Waals surface area contributed by atoms with Crippen LogP contribution in [0.5, 0.6) is 5.75 Å². The maximum Gasteiger partial charge on any atom is 0.341 e. The van der Waals surface area contributed by atoms with Gasteiger partial charge in [-0.15, -0.1) is 0 Å². The lowest BCUT2D eigenvalue weighted by Crippen LogP contribution is -2.05. The van der Waals surface area contributed by atoms with Gasteiger partial charge in [0, 0.05) is 0 Å². The normalized spacial score (nSPS) is 9.93. The summed E-state index contributed by atoms with van der Waals surface area (Å²) in [5.41, 5.74) is -0.141. The number of carbonyl (C=O) groups is 1. The number of phenols is 1. The van der Waals surface area contributed by atoms with Gasteiger partial charge < -0.3 is 9.84 Å². The van der Waals surface area contributed by atoms with Crippen LogP contribution in [0.25, 0.3) is 0 Å². The molecule has 0 amide bonds. The zero-order valence-electron chi connectivity index (χ0n) is 7.38. The van der Waals surface area contributed by atoms with Crippen LogP contribution in [0.1, 0.15) is 17.3 Å². The molecule has 3 nitrogen and oxygen atoms in total. The van der Waals surface area contributed by atoms with E-state index in [1.54, 1.807) is 6.92 Å². The van der Waals surface area contributed by atoms with E-state index in [9.17, 15) is 14.3 Å². The van der Waals surface area contributed by atoms with E-state index in [0.29, 0.717) is 0 Å². The number of rotatable bonds is 2. The van der Waals surface area contributed by atoms with Crippen molar-refractivity contribution in [2.24, 2.45) is 0 Å². The van der Waals surface area contributed by atoms with Crippen molar-refractivity contribution >= 4 is 17.6 Å². The van der Waals surface area contributed by atoms with Gasteiger partial charge in [-0.25, -0.2) is 9.18 Å². The number of hydrogen-bond donors (Lipinski definition) is 1. The molecule has 0 aliphatic rings. The molecular formula is C9H8ClFO3. The third-order valence-electron chi connectivity index (χ3n) is 1.56. The van der Waals surface area contributed by atoms with Crippen LogP contribution in [0, 0.1) is 5.82 Å². The summed E-state index contributed by atoms with van der Waals surface area (Å²) in [5.74, 6) is -2.10. The van der Waals surface area contributed by atoms with Crippen molar-refractivity contribution in [3.05, 3.63) is 28.5 Å². The van der Waals surface area contributed by atoms with Gasteiger partial charge in [0.2, 0.25) is 0 Å². The second-order valence-corrected chi connectivity index (χ2v) is 2.86. The van der Waals surface area contributed by atoms with E-state index in [-0.39, 0.29) is 12.2 Å². The van der Waals surface area contributed by atoms with Gasteiger partial charge in [-0.1, -0.05) is 11.6 Å². The van der Waals surface area contributed by atoms with E-state index in [1.165, 1.54) is 0 Å². The van der Waals surface area contributed by atoms with E-state index in [0.717, 1.165) is 12.1 Å². The number of halogens is 2. The Bertz CT molecular complexity index is 365. The maximum absolute atomic E-state index is 12.8. The fourth-order valence-corrected chi connectivity index (χ4v) is 1.08. The minimum Gasteiger partial charge on any atom is -0.505 e. The fourth-order valence-electron chi connectivity index (χ4n) is 0.914. The Balaban J connectivity index is 3.11. The molecule has 0 heterocycles. The van der Waals surface area contributed by atoms with E-state index in [1.807, 2.05) is 0 Å². The Morgan fingerprint density at radius 2 is 2.29 bits per heavy atom. The topological polar surface area (TPSA) is 46.5 Å². The largest absolute Gasteiger partial charge is 0.505 e. The molecule has 1 N–H and O–H groups in total. The van der Waals surface area contributed by atoms with E-state index in [4.69, 9.17) is 11.6 Å². The number of phenolic OH excluding ortho intramolecular Hbond substituents is 1. The third kappa shape index (κ3) is 1.96. The summed E-state index contributed by atoms with van der Waals surface area (Å²) in [6.07, 6.45) is 0. The number of carbonyl (C=O) groups excluding carboxylic acids is 1. The Labute approximate surface area is 85.1 Å². The standard InChI is InChI=1S/C9H8ClFO3/c1-2-14-9(13)5-3-4-6(11)7(10)8(5)12/h3-4,12H,2H2,1H3. The van der Waals surface area contributed by atoms with Crippen molar-refractivity contribution in [1.82, 2.24) is 0 Å². The molecule has 1 aromatic rings. The van der Waals surface area contributed by atoms with E-state index >= 15 is 0 Å². The first kappa shape index (κ1) is 10.8. The SMILES string of the molecule is CCOC(=O)c1ccc(F)c(Cl)c1O. The number of aromatic hydroxyl groups is 1. The van der Waals surface area contributed by atoms with Crippen molar-refractivity contribution in [2.45, 2.75) is 6.92 Å². The van der Waals surface area contributed by atoms with Crippen LogP contribution in [-0.2, 0) is 4.74 Å². The molecule has 0 unspecified atom stereocenters. The van der Waals surface area contributed by atoms with Crippen LogP contribution in [0.4, 0.5) is 4.39 Å². The van der Waals surface area contributed by atoms with Gasteiger partial charge in [0.05, 0.1) is 6.61 Å². The minimum atomic E-state index is -0.780. The van der Waals surface area contributed by atoms with Gasteiger partial charge in [0.15, 0.2) is 5.75 Å². The summed E-state index contributed by atoms with van der Waals surface area (Å²) < 4.78 is 17.4. The van der Waals surface area contributed by atoms with Crippen LogP contribution >= 0.6 is 11.6 Å². The summed E-state index contributed by atoms with van der Waals surface area (Å²) in [6, 6.07) is 2.11. The van der Waals surface area contributed by atoms with Crippen LogP contribution in [-0.4, -0.2) is 17.7 Å². The van der Waals surface area contributed by atoms with Crippen molar-refractivity contribution < 1.29 is 19.0 Å². The van der Waals surface area contributed by atoms with Crippen molar-refractivity contribution in [1.29, 1.82) is 0 Å². The summed E-state index contributed by atoms with van der Waals surface area (Å²) in [7, 11) is 0. The summed E-state index contributed by atoms with van der Waals surface area (Å²) in [6.45, 7) is 1.80. The maximum atomic E-state index is 12.8. The number of benzene rings is 1. The Hall–Kier alpha value is -1.29. The lowest BCUT2D eigenvalue weighted by Gasteiger charge is -2.05.